The van der Waals surface area contributed by atoms with E-state index in [2.05, 4.69) is 26.1 Å². The van der Waals surface area contributed by atoms with Gasteiger partial charge in [0, 0.05) is 17.8 Å². The fourth-order valence-corrected chi connectivity index (χ4v) is 2.62. The molecule has 0 aliphatic carbocycles. The Bertz CT molecular complexity index is 238. The molecule has 0 aromatic carbocycles. The molecule has 1 heterocycles. The fourth-order valence-electron chi connectivity index (χ4n) is 1.88. The molecule has 1 aliphatic heterocycles. The first-order valence-electron chi connectivity index (χ1n) is 5.98. The Balaban J connectivity index is 2.28. The lowest BCUT2D eigenvalue weighted by Crippen LogP contribution is -2.32. The second-order valence-electron chi connectivity index (χ2n) is 5.45. The van der Waals surface area contributed by atoms with Crippen LogP contribution in [0.5, 0.6) is 0 Å². The molecule has 0 saturated carbocycles. The number of thioether (sulfide) groups is 1. The lowest BCUT2D eigenvalue weighted by atomic mass is 10.1. The van der Waals surface area contributed by atoms with Gasteiger partial charge >= 0.3 is 0 Å². The molecule has 16 heavy (non-hydrogen) atoms. The Morgan fingerprint density at radius 2 is 2.19 bits per heavy atom. The molecule has 0 aromatic rings. The molecule has 1 atom stereocenters. The Kier molecular flexibility index (Phi) is 5.12. The molecule has 3 nitrogen and oxygen atoms in total. The molecule has 1 amide bonds. The van der Waals surface area contributed by atoms with Gasteiger partial charge in [-0.15, -0.1) is 11.8 Å². The number of hydrogen-bond acceptors (Lipinski definition) is 3. The van der Waals surface area contributed by atoms with Crippen LogP contribution in [0.3, 0.4) is 0 Å². The Morgan fingerprint density at radius 1 is 1.50 bits per heavy atom. The minimum Gasteiger partial charge on any atom is -0.342 e. The molecule has 0 aromatic heterocycles. The second kappa shape index (κ2) is 5.92. The second-order valence-corrected chi connectivity index (χ2v) is 7.26. The van der Waals surface area contributed by atoms with Crippen molar-refractivity contribution < 1.29 is 4.79 Å². The van der Waals surface area contributed by atoms with Crippen molar-refractivity contribution in [2.45, 2.75) is 31.9 Å². The van der Waals surface area contributed by atoms with Crippen LogP contribution in [-0.2, 0) is 4.79 Å². The van der Waals surface area contributed by atoms with Crippen molar-refractivity contribution in [3.63, 3.8) is 0 Å². The maximum absolute atomic E-state index is 11.9. The number of likely N-dealkylation sites (tertiary alicyclic amines) is 1. The molecule has 1 unspecified atom stereocenters. The fraction of sp³-hybridized carbons (Fsp3) is 0.917. The zero-order valence-corrected chi connectivity index (χ0v) is 11.7. The summed E-state index contributed by atoms with van der Waals surface area (Å²) >= 11 is 1.74. The minimum absolute atomic E-state index is 0.180. The van der Waals surface area contributed by atoms with Crippen molar-refractivity contribution in [3.05, 3.63) is 0 Å². The van der Waals surface area contributed by atoms with E-state index in [9.17, 15) is 4.79 Å². The molecule has 1 rings (SSSR count). The largest absolute Gasteiger partial charge is 0.342 e. The van der Waals surface area contributed by atoms with Gasteiger partial charge in [0.2, 0.25) is 5.91 Å². The Morgan fingerprint density at radius 3 is 2.75 bits per heavy atom. The van der Waals surface area contributed by atoms with Crippen molar-refractivity contribution in [1.82, 2.24) is 10.2 Å². The van der Waals surface area contributed by atoms with E-state index in [0.29, 0.717) is 17.6 Å². The molecule has 1 fully saturated rings. The summed E-state index contributed by atoms with van der Waals surface area (Å²) in [5.74, 6) is 1.57. The van der Waals surface area contributed by atoms with Crippen LogP contribution >= 0.6 is 11.8 Å². The van der Waals surface area contributed by atoms with Crippen LogP contribution in [0.25, 0.3) is 0 Å². The number of amides is 1. The van der Waals surface area contributed by atoms with Gasteiger partial charge in [-0.1, -0.05) is 20.8 Å². The Labute approximate surface area is 103 Å². The SMILES string of the molecule is CNCC1CCN(C(=O)CSC(C)(C)C)C1. The van der Waals surface area contributed by atoms with Crippen molar-refractivity contribution in [1.29, 1.82) is 0 Å². The van der Waals surface area contributed by atoms with Gasteiger partial charge in [0.05, 0.1) is 5.75 Å². The quantitative estimate of drug-likeness (QED) is 0.815. The highest BCUT2D eigenvalue weighted by Gasteiger charge is 2.26. The van der Waals surface area contributed by atoms with Crippen LogP contribution in [-0.4, -0.2) is 48.0 Å². The van der Waals surface area contributed by atoms with Gasteiger partial charge in [-0.25, -0.2) is 0 Å². The van der Waals surface area contributed by atoms with Crippen molar-refractivity contribution in [3.8, 4) is 0 Å². The summed E-state index contributed by atoms with van der Waals surface area (Å²) in [6.07, 6.45) is 1.15. The van der Waals surface area contributed by atoms with E-state index < -0.39 is 0 Å². The zero-order valence-electron chi connectivity index (χ0n) is 10.9. The van der Waals surface area contributed by atoms with E-state index in [1.165, 1.54) is 0 Å². The molecule has 1 aliphatic rings. The van der Waals surface area contributed by atoms with Gasteiger partial charge in [0.25, 0.3) is 0 Å². The van der Waals surface area contributed by atoms with Crippen LogP contribution < -0.4 is 5.32 Å². The van der Waals surface area contributed by atoms with Crippen molar-refractivity contribution >= 4 is 17.7 Å². The van der Waals surface area contributed by atoms with Crippen LogP contribution in [0.2, 0.25) is 0 Å². The Hall–Kier alpha value is -0.220. The van der Waals surface area contributed by atoms with Gasteiger partial charge in [-0.05, 0) is 25.9 Å². The maximum atomic E-state index is 11.9. The van der Waals surface area contributed by atoms with E-state index in [4.69, 9.17) is 0 Å². The highest BCUT2D eigenvalue weighted by Crippen LogP contribution is 2.24. The average molecular weight is 244 g/mol. The van der Waals surface area contributed by atoms with Gasteiger partial charge in [0.1, 0.15) is 0 Å². The van der Waals surface area contributed by atoms with Gasteiger partial charge in [-0.2, -0.15) is 0 Å². The maximum Gasteiger partial charge on any atom is 0.232 e. The molecular formula is C12H24N2OS. The summed E-state index contributed by atoms with van der Waals surface area (Å²) < 4.78 is 0.180. The summed E-state index contributed by atoms with van der Waals surface area (Å²) in [6, 6.07) is 0. The summed E-state index contributed by atoms with van der Waals surface area (Å²) in [5, 5.41) is 3.18. The molecule has 0 bridgehead atoms. The number of carbonyl (C=O) groups is 1. The first-order valence-corrected chi connectivity index (χ1v) is 6.97. The summed E-state index contributed by atoms with van der Waals surface area (Å²) in [5.41, 5.74) is 0. The minimum atomic E-state index is 0.180. The molecule has 1 saturated heterocycles. The van der Waals surface area contributed by atoms with Crippen molar-refractivity contribution in [2.75, 3.05) is 32.4 Å². The predicted octanol–water partition coefficient (Wildman–Crippen LogP) is 1.59. The highest BCUT2D eigenvalue weighted by atomic mass is 32.2. The van der Waals surface area contributed by atoms with E-state index in [-0.39, 0.29) is 4.75 Å². The summed E-state index contributed by atoms with van der Waals surface area (Å²) in [4.78, 5) is 13.9. The third-order valence-electron chi connectivity index (χ3n) is 2.76. The number of nitrogens with one attached hydrogen (secondary N) is 1. The molecule has 0 spiro atoms. The molecular weight excluding hydrogens is 220 g/mol. The first kappa shape index (κ1) is 13.8. The van der Waals surface area contributed by atoms with Crippen molar-refractivity contribution in [2.24, 2.45) is 5.92 Å². The summed E-state index contributed by atoms with van der Waals surface area (Å²) in [7, 11) is 1.97. The first-order chi connectivity index (χ1) is 7.42. The van der Waals surface area contributed by atoms with E-state index in [0.717, 1.165) is 26.1 Å². The van der Waals surface area contributed by atoms with Crippen LogP contribution in [0.4, 0.5) is 0 Å². The molecule has 4 heteroatoms. The van der Waals surface area contributed by atoms with E-state index in [1.54, 1.807) is 11.8 Å². The normalized spacial score (nSPS) is 21.5. The standard InChI is InChI=1S/C12H24N2OS/c1-12(2,3)16-9-11(15)14-6-5-10(8-14)7-13-4/h10,13H,5-9H2,1-4H3. The number of rotatable bonds is 4. The molecule has 0 radical (unpaired) electrons. The van der Waals surface area contributed by atoms with Crippen LogP contribution in [0.1, 0.15) is 27.2 Å². The highest BCUT2D eigenvalue weighted by molar-refractivity contribution is 8.01. The van der Waals surface area contributed by atoms with Crippen LogP contribution in [0, 0.1) is 5.92 Å². The number of carbonyl (C=O) groups excluding carboxylic acids is 1. The monoisotopic (exact) mass is 244 g/mol. The lowest BCUT2D eigenvalue weighted by Gasteiger charge is -2.21. The predicted molar refractivity (Wildman–Crippen MR) is 70.8 cm³/mol. The topological polar surface area (TPSA) is 32.3 Å². The molecule has 94 valence electrons. The number of hydrogen-bond donors (Lipinski definition) is 1. The average Bonchev–Trinajstić information content (AvgIpc) is 2.62. The third-order valence-corrected chi connectivity index (χ3v) is 4.02. The van der Waals surface area contributed by atoms with E-state index >= 15 is 0 Å². The van der Waals surface area contributed by atoms with Gasteiger partial charge in [-0.3, -0.25) is 4.79 Å². The molecule has 1 N–H and O–H groups in total. The summed E-state index contributed by atoms with van der Waals surface area (Å²) in [6.45, 7) is 9.35. The third kappa shape index (κ3) is 4.74. The van der Waals surface area contributed by atoms with Gasteiger partial charge < -0.3 is 10.2 Å². The van der Waals surface area contributed by atoms with Crippen LogP contribution in [0.15, 0.2) is 0 Å². The van der Waals surface area contributed by atoms with E-state index in [1.807, 2.05) is 11.9 Å². The smallest absolute Gasteiger partial charge is 0.232 e. The number of nitrogens with zero attached hydrogens (tertiary/aromatic N) is 1. The lowest BCUT2D eigenvalue weighted by molar-refractivity contribution is -0.127. The zero-order chi connectivity index (χ0) is 12.2. The van der Waals surface area contributed by atoms with Gasteiger partial charge in [0.15, 0.2) is 0 Å².